The summed E-state index contributed by atoms with van der Waals surface area (Å²) in [6, 6.07) is 1.10. The molecule has 12 heavy (non-hydrogen) atoms. The van der Waals surface area contributed by atoms with Crippen molar-refractivity contribution < 1.29 is 0 Å². The molecule has 0 radical (unpaired) electrons. The van der Waals surface area contributed by atoms with Crippen molar-refractivity contribution in [2.45, 2.75) is 38.8 Å². The Balaban J connectivity index is 2.38. The summed E-state index contributed by atoms with van der Waals surface area (Å²) in [7, 11) is 0. The standard InChI is InChI=1S/C10H20N2/c1-3-4-7-12-8-10(11)6-5-9(12)2/h3-4,9-10H,5-8,11H2,1-2H3/b4-3+. The second kappa shape index (κ2) is 4.63. The molecule has 0 aromatic heterocycles. The minimum atomic E-state index is 0.395. The zero-order chi connectivity index (χ0) is 8.97. The number of rotatable bonds is 2. The molecular formula is C10H20N2. The van der Waals surface area contributed by atoms with E-state index in [2.05, 4.69) is 30.9 Å². The molecule has 0 aromatic carbocycles. The van der Waals surface area contributed by atoms with Crippen molar-refractivity contribution in [3.8, 4) is 0 Å². The Morgan fingerprint density at radius 1 is 1.50 bits per heavy atom. The summed E-state index contributed by atoms with van der Waals surface area (Å²) in [6.45, 7) is 6.47. The fourth-order valence-corrected chi connectivity index (χ4v) is 1.71. The number of piperidine rings is 1. The Hall–Kier alpha value is -0.340. The van der Waals surface area contributed by atoms with E-state index in [0.717, 1.165) is 13.1 Å². The molecule has 0 aliphatic carbocycles. The number of hydrogen-bond donors (Lipinski definition) is 1. The molecule has 2 nitrogen and oxygen atoms in total. The molecule has 0 bridgehead atoms. The smallest absolute Gasteiger partial charge is 0.0168 e. The van der Waals surface area contributed by atoms with Crippen molar-refractivity contribution in [2.24, 2.45) is 5.73 Å². The molecule has 1 fully saturated rings. The number of allylic oxidation sites excluding steroid dienone is 1. The molecule has 2 atom stereocenters. The molecule has 2 heteroatoms. The summed E-state index contributed by atoms with van der Waals surface area (Å²) >= 11 is 0. The molecule has 1 aliphatic rings. The van der Waals surface area contributed by atoms with E-state index in [-0.39, 0.29) is 0 Å². The van der Waals surface area contributed by atoms with Crippen molar-refractivity contribution in [3.63, 3.8) is 0 Å². The molecule has 1 aliphatic heterocycles. The number of nitrogens with two attached hydrogens (primary N) is 1. The maximum atomic E-state index is 5.89. The third kappa shape index (κ3) is 2.61. The van der Waals surface area contributed by atoms with Crippen LogP contribution in [0.3, 0.4) is 0 Å². The summed E-state index contributed by atoms with van der Waals surface area (Å²) in [5, 5.41) is 0. The predicted molar refractivity (Wildman–Crippen MR) is 53.1 cm³/mol. The Morgan fingerprint density at radius 3 is 2.92 bits per heavy atom. The van der Waals surface area contributed by atoms with Gasteiger partial charge in [-0.3, -0.25) is 4.90 Å². The molecule has 2 N–H and O–H groups in total. The van der Waals surface area contributed by atoms with Gasteiger partial charge >= 0.3 is 0 Å². The fourth-order valence-electron chi connectivity index (χ4n) is 1.71. The van der Waals surface area contributed by atoms with Crippen LogP contribution in [-0.2, 0) is 0 Å². The van der Waals surface area contributed by atoms with E-state index in [4.69, 9.17) is 5.73 Å². The van der Waals surface area contributed by atoms with Gasteiger partial charge in [0.25, 0.3) is 0 Å². The summed E-state index contributed by atoms with van der Waals surface area (Å²) in [5.74, 6) is 0. The van der Waals surface area contributed by atoms with Crippen molar-refractivity contribution >= 4 is 0 Å². The second-order valence-corrected chi connectivity index (χ2v) is 3.71. The van der Waals surface area contributed by atoms with Crippen molar-refractivity contribution in [1.29, 1.82) is 0 Å². The van der Waals surface area contributed by atoms with Gasteiger partial charge < -0.3 is 5.73 Å². The first-order chi connectivity index (χ1) is 5.74. The molecule has 2 unspecified atom stereocenters. The zero-order valence-electron chi connectivity index (χ0n) is 8.16. The van der Waals surface area contributed by atoms with Gasteiger partial charge in [-0.15, -0.1) is 0 Å². The van der Waals surface area contributed by atoms with Crippen LogP contribution in [-0.4, -0.2) is 30.1 Å². The molecule has 1 heterocycles. The van der Waals surface area contributed by atoms with E-state index in [1.165, 1.54) is 12.8 Å². The first-order valence-electron chi connectivity index (χ1n) is 4.85. The molecule has 0 saturated carbocycles. The molecule has 70 valence electrons. The van der Waals surface area contributed by atoms with Crippen LogP contribution in [0.25, 0.3) is 0 Å². The van der Waals surface area contributed by atoms with E-state index in [1.807, 2.05) is 0 Å². The summed E-state index contributed by atoms with van der Waals surface area (Å²) in [4.78, 5) is 2.45. The van der Waals surface area contributed by atoms with Gasteiger partial charge in [0.05, 0.1) is 0 Å². The lowest BCUT2D eigenvalue weighted by Crippen LogP contribution is -2.47. The minimum absolute atomic E-state index is 0.395. The highest BCUT2D eigenvalue weighted by Gasteiger charge is 2.21. The molecular weight excluding hydrogens is 148 g/mol. The minimum Gasteiger partial charge on any atom is -0.327 e. The second-order valence-electron chi connectivity index (χ2n) is 3.71. The third-order valence-electron chi connectivity index (χ3n) is 2.62. The fraction of sp³-hybridized carbons (Fsp3) is 0.800. The maximum Gasteiger partial charge on any atom is 0.0168 e. The van der Waals surface area contributed by atoms with Gasteiger partial charge in [-0.25, -0.2) is 0 Å². The highest BCUT2D eigenvalue weighted by Crippen LogP contribution is 2.15. The van der Waals surface area contributed by atoms with Gasteiger partial charge in [0.15, 0.2) is 0 Å². The van der Waals surface area contributed by atoms with Crippen LogP contribution in [0.5, 0.6) is 0 Å². The van der Waals surface area contributed by atoms with Gasteiger partial charge in [0.2, 0.25) is 0 Å². The average Bonchev–Trinajstić information content (AvgIpc) is 2.07. The van der Waals surface area contributed by atoms with Crippen molar-refractivity contribution in [3.05, 3.63) is 12.2 Å². The monoisotopic (exact) mass is 168 g/mol. The summed E-state index contributed by atoms with van der Waals surface area (Å²) in [6.07, 6.45) is 6.74. The highest BCUT2D eigenvalue weighted by molar-refractivity contribution is 4.87. The Morgan fingerprint density at radius 2 is 2.25 bits per heavy atom. The number of hydrogen-bond acceptors (Lipinski definition) is 2. The van der Waals surface area contributed by atoms with Crippen LogP contribution in [0.1, 0.15) is 26.7 Å². The van der Waals surface area contributed by atoms with E-state index in [9.17, 15) is 0 Å². The van der Waals surface area contributed by atoms with Crippen LogP contribution >= 0.6 is 0 Å². The first-order valence-corrected chi connectivity index (χ1v) is 4.85. The predicted octanol–water partition coefficient (Wildman–Crippen LogP) is 1.37. The van der Waals surface area contributed by atoms with Crippen molar-refractivity contribution in [1.82, 2.24) is 4.90 Å². The van der Waals surface area contributed by atoms with Gasteiger partial charge in [-0.05, 0) is 26.7 Å². The maximum absolute atomic E-state index is 5.89. The average molecular weight is 168 g/mol. The Bertz CT molecular complexity index is 154. The molecule has 1 saturated heterocycles. The SMILES string of the molecule is C/C=C/CN1CC(N)CCC1C. The van der Waals surface area contributed by atoms with Gasteiger partial charge in [0.1, 0.15) is 0 Å². The summed E-state index contributed by atoms with van der Waals surface area (Å²) < 4.78 is 0. The third-order valence-corrected chi connectivity index (χ3v) is 2.62. The number of nitrogens with zero attached hydrogens (tertiary/aromatic N) is 1. The zero-order valence-corrected chi connectivity index (χ0v) is 8.16. The van der Waals surface area contributed by atoms with Crippen LogP contribution in [0.4, 0.5) is 0 Å². The van der Waals surface area contributed by atoms with E-state index in [0.29, 0.717) is 12.1 Å². The van der Waals surface area contributed by atoms with Gasteiger partial charge in [0, 0.05) is 25.2 Å². The quantitative estimate of drug-likeness (QED) is 0.631. The lowest BCUT2D eigenvalue weighted by atomic mass is 10.0. The van der Waals surface area contributed by atoms with Crippen LogP contribution in [0.2, 0.25) is 0 Å². The Kier molecular flexibility index (Phi) is 3.76. The molecule has 0 amide bonds. The van der Waals surface area contributed by atoms with Crippen LogP contribution in [0, 0.1) is 0 Å². The van der Waals surface area contributed by atoms with E-state index < -0.39 is 0 Å². The largest absolute Gasteiger partial charge is 0.327 e. The molecule has 0 aromatic rings. The van der Waals surface area contributed by atoms with E-state index in [1.54, 1.807) is 0 Å². The topological polar surface area (TPSA) is 29.3 Å². The van der Waals surface area contributed by atoms with Crippen molar-refractivity contribution in [2.75, 3.05) is 13.1 Å². The molecule has 1 rings (SSSR count). The lowest BCUT2D eigenvalue weighted by molar-refractivity contribution is 0.162. The van der Waals surface area contributed by atoms with Crippen LogP contribution < -0.4 is 5.73 Å². The highest BCUT2D eigenvalue weighted by atomic mass is 15.2. The van der Waals surface area contributed by atoms with Gasteiger partial charge in [-0.1, -0.05) is 12.2 Å². The van der Waals surface area contributed by atoms with Crippen LogP contribution in [0.15, 0.2) is 12.2 Å². The number of likely N-dealkylation sites (tertiary alicyclic amines) is 1. The molecule has 0 spiro atoms. The summed E-state index contributed by atoms with van der Waals surface area (Å²) in [5.41, 5.74) is 5.89. The first kappa shape index (κ1) is 9.75. The van der Waals surface area contributed by atoms with Gasteiger partial charge in [-0.2, -0.15) is 0 Å². The lowest BCUT2D eigenvalue weighted by Gasteiger charge is -2.35. The Labute approximate surface area is 75.4 Å². The normalized spacial score (nSPS) is 32.9. The van der Waals surface area contributed by atoms with E-state index >= 15 is 0 Å².